The van der Waals surface area contributed by atoms with Gasteiger partial charge in [-0.25, -0.2) is 4.79 Å². The smallest absolute Gasteiger partial charge is 0.335 e. The predicted molar refractivity (Wildman–Crippen MR) is 69.8 cm³/mol. The highest BCUT2D eigenvalue weighted by molar-refractivity contribution is 7.07. The zero-order valence-corrected chi connectivity index (χ0v) is 10.3. The van der Waals surface area contributed by atoms with Crippen molar-refractivity contribution in [2.75, 3.05) is 11.9 Å². The molecule has 0 amide bonds. The Bertz CT molecular complexity index is 508. The van der Waals surface area contributed by atoms with Crippen molar-refractivity contribution >= 4 is 23.0 Å². The third-order valence-electron chi connectivity index (χ3n) is 2.53. The number of benzene rings is 1. The SMILES string of the molecule is CN(Cc1ccsc1)c1cccc(C(=O)O)c1. The predicted octanol–water partition coefficient (Wildman–Crippen LogP) is 3.08. The van der Waals surface area contributed by atoms with Crippen LogP contribution >= 0.6 is 11.3 Å². The molecule has 1 N–H and O–H groups in total. The molecule has 3 nitrogen and oxygen atoms in total. The van der Waals surface area contributed by atoms with Crippen LogP contribution in [-0.4, -0.2) is 18.1 Å². The highest BCUT2D eigenvalue weighted by Crippen LogP contribution is 2.18. The van der Waals surface area contributed by atoms with Crippen LogP contribution < -0.4 is 4.90 Å². The van der Waals surface area contributed by atoms with Gasteiger partial charge in [0.25, 0.3) is 0 Å². The molecule has 0 spiro atoms. The molecule has 0 saturated carbocycles. The standard InChI is InChI=1S/C13H13NO2S/c1-14(8-10-5-6-17-9-10)12-4-2-3-11(7-12)13(15)16/h2-7,9H,8H2,1H3,(H,15,16). The fraction of sp³-hybridized carbons (Fsp3) is 0.154. The maximum absolute atomic E-state index is 10.9. The van der Waals surface area contributed by atoms with Gasteiger partial charge in [0.1, 0.15) is 0 Å². The van der Waals surface area contributed by atoms with Gasteiger partial charge < -0.3 is 10.0 Å². The van der Waals surface area contributed by atoms with Gasteiger partial charge >= 0.3 is 5.97 Å². The Morgan fingerprint density at radius 2 is 2.24 bits per heavy atom. The van der Waals surface area contributed by atoms with E-state index < -0.39 is 5.97 Å². The molecule has 1 aromatic heterocycles. The summed E-state index contributed by atoms with van der Waals surface area (Å²) >= 11 is 1.66. The molecular formula is C13H13NO2S. The largest absolute Gasteiger partial charge is 0.478 e. The molecule has 88 valence electrons. The van der Waals surface area contributed by atoms with Gasteiger partial charge in [-0.3, -0.25) is 0 Å². The van der Waals surface area contributed by atoms with Gasteiger partial charge in [-0.1, -0.05) is 6.07 Å². The number of carbonyl (C=O) groups is 1. The Morgan fingerprint density at radius 3 is 2.88 bits per heavy atom. The van der Waals surface area contributed by atoms with Crippen LogP contribution in [0, 0.1) is 0 Å². The van der Waals surface area contributed by atoms with E-state index in [4.69, 9.17) is 5.11 Å². The van der Waals surface area contributed by atoms with Crippen molar-refractivity contribution < 1.29 is 9.90 Å². The molecule has 0 aliphatic rings. The average molecular weight is 247 g/mol. The minimum absolute atomic E-state index is 0.319. The van der Waals surface area contributed by atoms with Gasteiger partial charge in [0, 0.05) is 19.3 Å². The summed E-state index contributed by atoms with van der Waals surface area (Å²) in [5, 5.41) is 13.1. The molecule has 0 fully saturated rings. The fourth-order valence-corrected chi connectivity index (χ4v) is 2.28. The zero-order chi connectivity index (χ0) is 12.3. The quantitative estimate of drug-likeness (QED) is 0.902. The molecule has 2 aromatic rings. The first-order chi connectivity index (χ1) is 8.16. The third kappa shape index (κ3) is 2.85. The highest BCUT2D eigenvalue weighted by atomic mass is 32.1. The van der Waals surface area contributed by atoms with Crippen molar-refractivity contribution in [1.82, 2.24) is 0 Å². The van der Waals surface area contributed by atoms with E-state index >= 15 is 0 Å². The van der Waals surface area contributed by atoms with E-state index in [9.17, 15) is 4.79 Å². The highest BCUT2D eigenvalue weighted by Gasteiger charge is 2.06. The van der Waals surface area contributed by atoms with Gasteiger partial charge in [0.15, 0.2) is 0 Å². The second-order valence-corrected chi connectivity index (χ2v) is 4.62. The van der Waals surface area contributed by atoms with E-state index in [1.54, 1.807) is 29.5 Å². The summed E-state index contributed by atoms with van der Waals surface area (Å²) in [5.41, 5.74) is 2.47. The lowest BCUT2D eigenvalue weighted by Gasteiger charge is -2.18. The van der Waals surface area contributed by atoms with Gasteiger partial charge in [-0.2, -0.15) is 11.3 Å². The number of carboxylic acids is 1. The van der Waals surface area contributed by atoms with Gasteiger partial charge in [0.05, 0.1) is 5.56 Å². The molecule has 4 heteroatoms. The first-order valence-corrected chi connectivity index (χ1v) is 6.16. The van der Waals surface area contributed by atoms with E-state index in [0.29, 0.717) is 5.56 Å². The van der Waals surface area contributed by atoms with Crippen molar-refractivity contribution in [2.24, 2.45) is 0 Å². The molecule has 0 aliphatic carbocycles. The van der Waals surface area contributed by atoms with Crippen molar-refractivity contribution in [3.8, 4) is 0 Å². The second kappa shape index (κ2) is 5.01. The first-order valence-electron chi connectivity index (χ1n) is 5.22. The molecule has 0 bridgehead atoms. The molecule has 0 aliphatic heterocycles. The zero-order valence-electron chi connectivity index (χ0n) is 9.46. The summed E-state index contributed by atoms with van der Waals surface area (Å²) in [6.45, 7) is 0.784. The van der Waals surface area contributed by atoms with Crippen molar-refractivity contribution in [1.29, 1.82) is 0 Å². The summed E-state index contributed by atoms with van der Waals surface area (Å²) in [7, 11) is 1.96. The molecule has 1 heterocycles. The minimum Gasteiger partial charge on any atom is -0.478 e. The number of thiophene rings is 1. The minimum atomic E-state index is -0.893. The van der Waals surface area contributed by atoms with Crippen molar-refractivity contribution in [3.63, 3.8) is 0 Å². The van der Waals surface area contributed by atoms with Crippen LogP contribution in [0.3, 0.4) is 0 Å². The number of rotatable bonds is 4. The van der Waals surface area contributed by atoms with Gasteiger partial charge in [0.2, 0.25) is 0 Å². The van der Waals surface area contributed by atoms with Crippen molar-refractivity contribution in [3.05, 3.63) is 52.2 Å². The van der Waals surface area contributed by atoms with Crippen molar-refractivity contribution in [2.45, 2.75) is 6.54 Å². The van der Waals surface area contributed by atoms with Crippen LogP contribution in [0.4, 0.5) is 5.69 Å². The van der Waals surface area contributed by atoms with E-state index in [0.717, 1.165) is 12.2 Å². The summed E-state index contributed by atoms with van der Waals surface area (Å²) in [6, 6.07) is 9.04. The normalized spacial score (nSPS) is 10.2. The third-order valence-corrected chi connectivity index (χ3v) is 3.27. The summed E-state index contributed by atoms with van der Waals surface area (Å²) in [5.74, 6) is -0.893. The van der Waals surface area contributed by atoms with Gasteiger partial charge in [-0.15, -0.1) is 0 Å². The number of hydrogen-bond donors (Lipinski definition) is 1. The van der Waals surface area contributed by atoms with E-state index in [1.807, 2.05) is 23.4 Å². The van der Waals surface area contributed by atoms with E-state index in [2.05, 4.69) is 11.4 Å². The summed E-state index contributed by atoms with van der Waals surface area (Å²) in [6.07, 6.45) is 0. The summed E-state index contributed by atoms with van der Waals surface area (Å²) < 4.78 is 0. The number of anilines is 1. The number of aromatic carboxylic acids is 1. The fourth-order valence-electron chi connectivity index (χ4n) is 1.62. The molecule has 0 unspecified atom stereocenters. The van der Waals surface area contributed by atoms with Crippen LogP contribution in [0.1, 0.15) is 15.9 Å². The van der Waals surface area contributed by atoms with E-state index in [-0.39, 0.29) is 0 Å². The topological polar surface area (TPSA) is 40.5 Å². The summed E-state index contributed by atoms with van der Waals surface area (Å²) in [4.78, 5) is 12.9. The Labute approximate surface area is 104 Å². The molecule has 1 aromatic carbocycles. The lowest BCUT2D eigenvalue weighted by molar-refractivity contribution is 0.0697. The Morgan fingerprint density at radius 1 is 1.41 bits per heavy atom. The number of nitrogens with zero attached hydrogens (tertiary/aromatic N) is 1. The second-order valence-electron chi connectivity index (χ2n) is 3.84. The molecule has 17 heavy (non-hydrogen) atoms. The van der Waals surface area contributed by atoms with Gasteiger partial charge in [-0.05, 0) is 40.6 Å². The molecule has 2 rings (SSSR count). The maximum atomic E-state index is 10.9. The number of carboxylic acid groups (broad SMARTS) is 1. The van der Waals surface area contributed by atoms with E-state index in [1.165, 1.54) is 5.56 Å². The lowest BCUT2D eigenvalue weighted by atomic mass is 10.2. The maximum Gasteiger partial charge on any atom is 0.335 e. The monoisotopic (exact) mass is 247 g/mol. The van der Waals surface area contributed by atoms with Crippen LogP contribution in [-0.2, 0) is 6.54 Å². The van der Waals surface area contributed by atoms with Crippen LogP contribution in [0.2, 0.25) is 0 Å². The number of hydrogen-bond acceptors (Lipinski definition) is 3. The van der Waals surface area contributed by atoms with Crippen LogP contribution in [0.25, 0.3) is 0 Å². The molecule has 0 atom stereocenters. The lowest BCUT2D eigenvalue weighted by Crippen LogP contribution is -2.16. The average Bonchev–Trinajstić information content (AvgIpc) is 2.82. The van der Waals surface area contributed by atoms with Crippen LogP contribution in [0.15, 0.2) is 41.1 Å². The molecule has 0 saturated heterocycles. The Kier molecular flexibility index (Phi) is 3.44. The molecular weight excluding hydrogens is 234 g/mol. The van der Waals surface area contributed by atoms with Crippen LogP contribution in [0.5, 0.6) is 0 Å². The molecule has 0 radical (unpaired) electrons. The Hall–Kier alpha value is -1.81. The first kappa shape index (κ1) is 11.7. The Balaban J connectivity index is 2.16.